The number of ketones is 1. The van der Waals surface area contributed by atoms with Crippen LogP contribution in [0.1, 0.15) is 27.0 Å². The van der Waals surface area contributed by atoms with Gasteiger partial charge in [0.2, 0.25) is 0 Å². The van der Waals surface area contributed by atoms with Gasteiger partial charge < -0.3 is 9.80 Å². The Hall–Kier alpha value is -5.13. The standard InChI is InChI=1S/C35H36N6O5/c42-35(29-5-1-27(2-6-29)25-36-17-21-38(22-18-36)31-9-13-33(14-10-31)40(43)44)30-7-3-28(4-8-30)26-37-19-23-39(24-20-37)32-11-15-34(16-12-32)41(45)46/h1-16H,17-26H2. The monoisotopic (exact) mass is 620 g/mol. The molecule has 0 saturated carbocycles. The number of hydrogen-bond donors (Lipinski definition) is 0. The van der Waals surface area contributed by atoms with Crippen LogP contribution in [-0.4, -0.2) is 77.8 Å². The molecule has 0 spiro atoms. The van der Waals surface area contributed by atoms with Crippen molar-refractivity contribution in [1.82, 2.24) is 9.80 Å². The van der Waals surface area contributed by atoms with Crippen LogP contribution in [0.5, 0.6) is 0 Å². The molecule has 11 nitrogen and oxygen atoms in total. The highest BCUT2D eigenvalue weighted by Crippen LogP contribution is 2.23. The van der Waals surface area contributed by atoms with Crippen molar-refractivity contribution >= 4 is 28.5 Å². The molecular weight excluding hydrogens is 584 g/mol. The number of anilines is 2. The zero-order valence-electron chi connectivity index (χ0n) is 25.5. The van der Waals surface area contributed by atoms with Gasteiger partial charge in [-0.2, -0.15) is 0 Å². The number of piperazine rings is 2. The Morgan fingerprint density at radius 3 is 1.13 bits per heavy atom. The van der Waals surface area contributed by atoms with E-state index >= 15 is 0 Å². The molecule has 0 radical (unpaired) electrons. The molecule has 0 amide bonds. The van der Waals surface area contributed by atoms with Crippen molar-refractivity contribution < 1.29 is 14.6 Å². The molecule has 2 aliphatic heterocycles. The van der Waals surface area contributed by atoms with E-state index in [1.54, 1.807) is 24.3 Å². The molecule has 236 valence electrons. The van der Waals surface area contributed by atoms with Crippen LogP contribution in [0.2, 0.25) is 0 Å². The number of carbonyl (C=O) groups is 1. The number of nitro benzene ring substituents is 2. The van der Waals surface area contributed by atoms with Crippen LogP contribution in [0.15, 0.2) is 97.1 Å². The van der Waals surface area contributed by atoms with E-state index in [9.17, 15) is 25.0 Å². The van der Waals surface area contributed by atoms with E-state index in [0.717, 1.165) is 87.9 Å². The van der Waals surface area contributed by atoms with Crippen molar-refractivity contribution in [2.24, 2.45) is 0 Å². The fourth-order valence-electron chi connectivity index (χ4n) is 6.10. The molecule has 2 aliphatic rings. The predicted octanol–water partition coefficient (Wildman–Crippen LogP) is 5.38. The molecule has 46 heavy (non-hydrogen) atoms. The third kappa shape index (κ3) is 7.39. The number of hydrogen-bond acceptors (Lipinski definition) is 9. The minimum absolute atomic E-state index is 0.00604. The summed E-state index contributed by atoms with van der Waals surface area (Å²) in [5.74, 6) is 0.00604. The Labute approximate surface area is 267 Å². The normalized spacial score (nSPS) is 15.9. The lowest BCUT2D eigenvalue weighted by molar-refractivity contribution is -0.385. The smallest absolute Gasteiger partial charge is 0.269 e. The van der Waals surface area contributed by atoms with Gasteiger partial charge >= 0.3 is 0 Å². The van der Waals surface area contributed by atoms with Gasteiger partial charge in [0.05, 0.1) is 9.85 Å². The molecule has 0 aromatic heterocycles. The average Bonchev–Trinajstić information content (AvgIpc) is 3.09. The van der Waals surface area contributed by atoms with Gasteiger partial charge in [-0.15, -0.1) is 0 Å². The molecule has 2 saturated heterocycles. The molecule has 0 N–H and O–H groups in total. The molecule has 0 unspecified atom stereocenters. The van der Waals surface area contributed by atoms with Crippen LogP contribution < -0.4 is 9.80 Å². The second-order valence-electron chi connectivity index (χ2n) is 11.8. The summed E-state index contributed by atoms with van der Waals surface area (Å²) in [4.78, 5) is 43.5. The number of rotatable bonds is 10. The summed E-state index contributed by atoms with van der Waals surface area (Å²) < 4.78 is 0. The van der Waals surface area contributed by atoms with Crippen molar-refractivity contribution in [2.45, 2.75) is 13.1 Å². The second kappa shape index (κ2) is 13.9. The fraction of sp³-hybridized carbons (Fsp3) is 0.286. The first-order valence-corrected chi connectivity index (χ1v) is 15.5. The van der Waals surface area contributed by atoms with Gasteiger partial charge in [-0.1, -0.05) is 48.5 Å². The van der Waals surface area contributed by atoms with Crippen molar-refractivity contribution in [3.63, 3.8) is 0 Å². The van der Waals surface area contributed by atoms with E-state index in [-0.39, 0.29) is 27.0 Å². The van der Waals surface area contributed by atoms with Crippen molar-refractivity contribution in [3.8, 4) is 0 Å². The quantitative estimate of drug-likeness (QED) is 0.131. The number of nitrogens with zero attached hydrogens (tertiary/aromatic N) is 6. The predicted molar refractivity (Wildman–Crippen MR) is 177 cm³/mol. The van der Waals surface area contributed by atoms with Crippen LogP contribution in [0.25, 0.3) is 0 Å². The number of nitro groups is 2. The second-order valence-corrected chi connectivity index (χ2v) is 11.8. The van der Waals surface area contributed by atoms with E-state index in [1.807, 2.05) is 72.8 Å². The first-order chi connectivity index (χ1) is 22.3. The summed E-state index contributed by atoms with van der Waals surface area (Å²) in [5, 5.41) is 21.8. The van der Waals surface area contributed by atoms with Gasteiger partial charge in [0.1, 0.15) is 0 Å². The number of non-ortho nitro benzene ring substituents is 2. The summed E-state index contributed by atoms with van der Waals surface area (Å²) in [6, 6.07) is 29.2. The fourth-order valence-corrected chi connectivity index (χ4v) is 6.10. The highest BCUT2D eigenvalue weighted by Gasteiger charge is 2.20. The third-order valence-corrected chi connectivity index (χ3v) is 8.84. The maximum absolute atomic E-state index is 13.2. The van der Waals surface area contributed by atoms with Crippen molar-refractivity contribution in [2.75, 3.05) is 62.2 Å². The molecule has 4 aromatic rings. The summed E-state index contributed by atoms with van der Waals surface area (Å²) >= 11 is 0. The highest BCUT2D eigenvalue weighted by atomic mass is 16.6. The molecule has 6 rings (SSSR count). The summed E-state index contributed by atoms with van der Waals surface area (Å²) in [6.07, 6.45) is 0. The number of benzene rings is 4. The van der Waals surface area contributed by atoms with Gasteiger partial charge in [-0.05, 0) is 35.4 Å². The van der Waals surface area contributed by atoms with Crippen molar-refractivity contribution in [3.05, 3.63) is 140 Å². The summed E-state index contributed by atoms with van der Waals surface area (Å²) in [6.45, 7) is 8.56. The van der Waals surface area contributed by atoms with E-state index < -0.39 is 0 Å². The molecule has 2 heterocycles. The Balaban J connectivity index is 0.955. The summed E-state index contributed by atoms with van der Waals surface area (Å²) in [5.41, 5.74) is 5.86. The maximum atomic E-state index is 13.2. The zero-order chi connectivity index (χ0) is 32.0. The Morgan fingerprint density at radius 1 is 0.500 bits per heavy atom. The lowest BCUT2D eigenvalue weighted by atomic mass is 10.0. The maximum Gasteiger partial charge on any atom is 0.269 e. The molecule has 11 heteroatoms. The van der Waals surface area contributed by atoms with Gasteiger partial charge in [0.15, 0.2) is 5.78 Å². The van der Waals surface area contributed by atoms with Gasteiger partial charge in [-0.25, -0.2) is 0 Å². The zero-order valence-corrected chi connectivity index (χ0v) is 25.5. The lowest BCUT2D eigenvalue weighted by Crippen LogP contribution is -2.45. The molecule has 0 atom stereocenters. The van der Waals surface area contributed by atoms with Crippen LogP contribution >= 0.6 is 0 Å². The first-order valence-electron chi connectivity index (χ1n) is 15.5. The van der Waals surface area contributed by atoms with E-state index in [0.29, 0.717) is 11.1 Å². The van der Waals surface area contributed by atoms with E-state index in [4.69, 9.17) is 0 Å². The molecule has 0 aliphatic carbocycles. The molecule has 2 fully saturated rings. The topological polar surface area (TPSA) is 116 Å². The van der Waals surface area contributed by atoms with Gasteiger partial charge in [-0.3, -0.25) is 34.8 Å². The van der Waals surface area contributed by atoms with E-state index in [2.05, 4.69) is 19.6 Å². The van der Waals surface area contributed by atoms with Crippen LogP contribution in [0.4, 0.5) is 22.7 Å². The minimum Gasteiger partial charge on any atom is -0.369 e. The minimum atomic E-state index is -0.379. The van der Waals surface area contributed by atoms with Crippen molar-refractivity contribution in [1.29, 1.82) is 0 Å². The lowest BCUT2D eigenvalue weighted by Gasteiger charge is -2.36. The molecule has 4 aromatic carbocycles. The number of carbonyl (C=O) groups excluding carboxylic acids is 1. The summed E-state index contributed by atoms with van der Waals surface area (Å²) in [7, 11) is 0. The van der Waals surface area contributed by atoms with Crippen LogP contribution in [-0.2, 0) is 13.1 Å². The van der Waals surface area contributed by atoms with Crippen LogP contribution in [0, 0.1) is 20.2 Å². The third-order valence-electron chi connectivity index (χ3n) is 8.84. The largest absolute Gasteiger partial charge is 0.369 e. The first kappa shape index (κ1) is 30.9. The van der Waals surface area contributed by atoms with Gasteiger partial charge in [0, 0.05) is 112 Å². The van der Waals surface area contributed by atoms with Gasteiger partial charge in [0.25, 0.3) is 11.4 Å². The Bertz CT molecular complexity index is 1540. The average molecular weight is 621 g/mol. The molecular formula is C35H36N6O5. The highest BCUT2D eigenvalue weighted by molar-refractivity contribution is 6.09. The van der Waals surface area contributed by atoms with Crippen LogP contribution in [0.3, 0.4) is 0 Å². The molecule has 0 bridgehead atoms. The van der Waals surface area contributed by atoms with E-state index in [1.165, 1.54) is 0 Å². The Morgan fingerprint density at radius 2 is 0.826 bits per heavy atom. The Kier molecular flexibility index (Phi) is 9.32. The SMILES string of the molecule is O=C(c1ccc(CN2CCN(c3ccc([N+](=O)[O-])cc3)CC2)cc1)c1ccc(CN2CCN(c3ccc([N+](=O)[O-])cc3)CC2)cc1.